The van der Waals surface area contributed by atoms with Gasteiger partial charge in [-0.15, -0.1) is 12.3 Å². The van der Waals surface area contributed by atoms with Crippen molar-refractivity contribution >= 4 is 11.8 Å². The first-order valence-corrected chi connectivity index (χ1v) is 8.53. The second-order valence-electron chi connectivity index (χ2n) is 6.79. The fraction of sp³-hybridized carbons (Fsp3) is 0.765. The highest BCUT2D eigenvalue weighted by atomic mass is 16.2. The molecule has 0 atom stereocenters. The van der Waals surface area contributed by atoms with Crippen LogP contribution in [0.5, 0.6) is 0 Å². The van der Waals surface area contributed by atoms with Crippen molar-refractivity contribution in [1.29, 1.82) is 0 Å². The Labute approximate surface area is 143 Å². The normalized spacial score (nSPS) is 19.5. The summed E-state index contributed by atoms with van der Waals surface area (Å²) in [5.41, 5.74) is -0.389. The monoisotopic (exact) mass is 333 g/mol. The first-order valence-electron chi connectivity index (χ1n) is 8.53. The Morgan fingerprint density at radius 2 is 1.96 bits per heavy atom. The van der Waals surface area contributed by atoms with Crippen LogP contribution in [0.25, 0.3) is 0 Å². The zero-order valence-electron chi connectivity index (χ0n) is 14.6. The number of nitrogens with one attached hydrogen (secondary N) is 1. The van der Waals surface area contributed by atoms with E-state index < -0.39 is 0 Å². The minimum absolute atomic E-state index is 0.0511. The molecule has 0 radical (unpaired) electrons. The van der Waals surface area contributed by atoms with Crippen molar-refractivity contribution in [3.05, 3.63) is 0 Å². The van der Waals surface area contributed by atoms with Crippen molar-refractivity contribution in [2.24, 2.45) is 10.2 Å². The van der Waals surface area contributed by atoms with Gasteiger partial charge in [-0.25, -0.2) is 0 Å². The molecule has 0 unspecified atom stereocenters. The summed E-state index contributed by atoms with van der Waals surface area (Å²) in [5, 5.41) is 11.2. The van der Waals surface area contributed by atoms with Crippen LogP contribution < -0.4 is 5.32 Å². The Hall–Kier alpha value is -1.94. The minimum atomic E-state index is -0.389. The van der Waals surface area contributed by atoms with Gasteiger partial charge in [0.05, 0.1) is 6.54 Å². The third-order valence-corrected chi connectivity index (χ3v) is 4.62. The highest BCUT2D eigenvalue weighted by Crippen LogP contribution is 2.37. The average Bonchev–Trinajstić information content (AvgIpc) is 3.33. The number of carbonyl (C=O) groups is 2. The Morgan fingerprint density at radius 1 is 1.29 bits per heavy atom. The Kier molecular flexibility index (Phi) is 6.32. The van der Waals surface area contributed by atoms with Gasteiger partial charge in [-0.1, -0.05) is 0 Å². The molecule has 0 aliphatic carbocycles. The van der Waals surface area contributed by atoms with E-state index in [0.717, 1.165) is 32.4 Å². The van der Waals surface area contributed by atoms with Gasteiger partial charge in [0, 0.05) is 58.9 Å². The topological polar surface area (TPSA) is 77.4 Å². The van der Waals surface area contributed by atoms with E-state index in [4.69, 9.17) is 6.42 Å². The number of hydrogen-bond acceptors (Lipinski definition) is 5. The average molecular weight is 333 g/mol. The number of piperidine rings is 1. The lowest BCUT2D eigenvalue weighted by molar-refractivity contribution is -0.130. The quantitative estimate of drug-likeness (QED) is 0.674. The van der Waals surface area contributed by atoms with E-state index in [-0.39, 0.29) is 23.5 Å². The fourth-order valence-corrected chi connectivity index (χ4v) is 2.85. The van der Waals surface area contributed by atoms with E-state index in [2.05, 4.69) is 26.4 Å². The van der Waals surface area contributed by atoms with E-state index >= 15 is 0 Å². The lowest BCUT2D eigenvalue weighted by Crippen LogP contribution is -2.47. The fourth-order valence-electron chi connectivity index (χ4n) is 2.85. The first-order chi connectivity index (χ1) is 11.4. The van der Waals surface area contributed by atoms with Crippen LogP contribution in [0.1, 0.15) is 38.5 Å². The number of carbonyl (C=O) groups excluding carboxylic acids is 2. The molecule has 2 aliphatic rings. The molecule has 0 aromatic carbocycles. The van der Waals surface area contributed by atoms with Crippen molar-refractivity contribution in [3.8, 4) is 12.3 Å². The third kappa shape index (κ3) is 5.60. The Balaban J connectivity index is 1.62. The molecular weight excluding hydrogens is 306 g/mol. The Bertz CT molecular complexity index is 524. The molecule has 2 rings (SSSR count). The van der Waals surface area contributed by atoms with Crippen LogP contribution >= 0.6 is 0 Å². The molecule has 132 valence electrons. The summed E-state index contributed by atoms with van der Waals surface area (Å²) in [6.45, 7) is 2.12. The van der Waals surface area contributed by atoms with Gasteiger partial charge in [0.2, 0.25) is 11.8 Å². The molecule has 0 spiro atoms. The standard InChI is InChI=1S/C17H27N5O2/c1-4-5-9-17(19-20-17)10-6-15(23)18-14-7-11-22(12-8-14)13-16(24)21(2)3/h1,14H,5-13H2,2-3H3,(H,18,23). The smallest absolute Gasteiger partial charge is 0.236 e. The molecule has 7 heteroatoms. The van der Waals surface area contributed by atoms with E-state index in [0.29, 0.717) is 25.8 Å². The predicted octanol–water partition coefficient (Wildman–Crippen LogP) is 1.01. The highest BCUT2D eigenvalue weighted by Gasteiger charge is 2.39. The zero-order chi connectivity index (χ0) is 17.6. The summed E-state index contributed by atoms with van der Waals surface area (Å²) in [7, 11) is 3.54. The van der Waals surface area contributed by atoms with Crippen molar-refractivity contribution in [2.45, 2.75) is 50.2 Å². The molecule has 1 fully saturated rings. The summed E-state index contributed by atoms with van der Waals surface area (Å²) in [6.07, 6.45) is 9.45. The Morgan fingerprint density at radius 3 is 2.50 bits per heavy atom. The summed E-state index contributed by atoms with van der Waals surface area (Å²) >= 11 is 0. The molecule has 7 nitrogen and oxygen atoms in total. The maximum Gasteiger partial charge on any atom is 0.236 e. The summed E-state index contributed by atoms with van der Waals surface area (Å²) in [6, 6.07) is 0.193. The lowest BCUT2D eigenvalue weighted by atomic mass is 10.0. The van der Waals surface area contributed by atoms with Gasteiger partial charge >= 0.3 is 0 Å². The van der Waals surface area contributed by atoms with Gasteiger partial charge in [0.15, 0.2) is 5.66 Å². The van der Waals surface area contributed by atoms with Gasteiger partial charge < -0.3 is 10.2 Å². The zero-order valence-corrected chi connectivity index (χ0v) is 14.6. The second kappa shape index (κ2) is 8.25. The van der Waals surface area contributed by atoms with Crippen molar-refractivity contribution < 1.29 is 9.59 Å². The number of terminal acetylenes is 1. The van der Waals surface area contributed by atoms with Crippen LogP contribution in [0.4, 0.5) is 0 Å². The molecule has 2 aliphatic heterocycles. The first kappa shape index (κ1) is 18.4. The molecule has 1 saturated heterocycles. The van der Waals surface area contributed by atoms with Crippen molar-refractivity contribution in [3.63, 3.8) is 0 Å². The van der Waals surface area contributed by atoms with E-state index in [1.807, 2.05) is 0 Å². The number of amides is 2. The molecule has 0 saturated carbocycles. The van der Waals surface area contributed by atoms with Crippen LogP contribution in [-0.2, 0) is 9.59 Å². The molecule has 2 heterocycles. The third-order valence-electron chi connectivity index (χ3n) is 4.62. The molecular formula is C17H27N5O2. The molecule has 0 aromatic heterocycles. The van der Waals surface area contributed by atoms with Gasteiger partial charge in [-0.05, 0) is 12.8 Å². The summed E-state index contributed by atoms with van der Waals surface area (Å²) < 4.78 is 0. The van der Waals surface area contributed by atoms with Crippen LogP contribution in [0.2, 0.25) is 0 Å². The van der Waals surface area contributed by atoms with Gasteiger partial charge in [0.25, 0.3) is 0 Å². The number of nitrogens with zero attached hydrogens (tertiary/aromatic N) is 4. The van der Waals surface area contributed by atoms with E-state index in [1.165, 1.54) is 0 Å². The van der Waals surface area contributed by atoms with Crippen LogP contribution in [0, 0.1) is 12.3 Å². The maximum atomic E-state index is 12.1. The minimum Gasteiger partial charge on any atom is -0.353 e. The van der Waals surface area contributed by atoms with Crippen LogP contribution in [0.15, 0.2) is 10.2 Å². The molecule has 1 N–H and O–H groups in total. The molecule has 2 amide bonds. The molecule has 0 aromatic rings. The number of hydrogen-bond donors (Lipinski definition) is 1. The van der Waals surface area contributed by atoms with Crippen molar-refractivity contribution in [1.82, 2.24) is 15.1 Å². The number of likely N-dealkylation sites (tertiary alicyclic amines) is 1. The van der Waals surface area contributed by atoms with Gasteiger partial charge in [0.1, 0.15) is 0 Å². The molecule has 0 bridgehead atoms. The second-order valence-corrected chi connectivity index (χ2v) is 6.79. The molecule has 24 heavy (non-hydrogen) atoms. The lowest BCUT2D eigenvalue weighted by Gasteiger charge is -2.32. The predicted molar refractivity (Wildman–Crippen MR) is 91.2 cm³/mol. The SMILES string of the molecule is C#CCCC1(CCC(=O)NC2CCN(CC(=O)N(C)C)CC2)N=N1. The number of rotatable bonds is 8. The van der Waals surface area contributed by atoms with E-state index in [1.54, 1.807) is 19.0 Å². The van der Waals surface area contributed by atoms with Gasteiger partial charge in [-0.3, -0.25) is 14.5 Å². The largest absolute Gasteiger partial charge is 0.353 e. The van der Waals surface area contributed by atoms with Crippen LogP contribution in [0.3, 0.4) is 0 Å². The van der Waals surface area contributed by atoms with Crippen LogP contribution in [-0.4, -0.2) is 67.0 Å². The van der Waals surface area contributed by atoms with Gasteiger partial charge in [-0.2, -0.15) is 10.2 Å². The van der Waals surface area contributed by atoms with Crippen molar-refractivity contribution in [2.75, 3.05) is 33.7 Å². The number of likely N-dealkylation sites (N-methyl/N-ethyl adjacent to an activating group) is 1. The maximum absolute atomic E-state index is 12.1. The summed E-state index contributed by atoms with van der Waals surface area (Å²) in [4.78, 5) is 27.6. The highest BCUT2D eigenvalue weighted by molar-refractivity contribution is 5.77. The summed E-state index contributed by atoms with van der Waals surface area (Å²) in [5.74, 6) is 2.76. The van der Waals surface area contributed by atoms with E-state index in [9.17, 15) is 9.59 Å².